The number of nitrogens with zero attached hydrogens (tertiary/aromatic N) is 3. The van der Waals surface area contributed by atoms with Gasteiger partial charge in [0.15, 0.2) is 0 Å². The second kappa shape index (κ2) is 8.47. The van der Waals surface area contributed by atoms with Crippen LogP contribution < -0.4 is 0 Å². The average Bonchev–Trinajstić information content (AvgIpc) is 3.24. The summed E-state index contributed by atoms with van der Waals surface area (Å²) in [7, 11) is 0. The van der Waals surface area contributed by atoms with Crippen LogP contribution in [-0.4, -0.2) is 59.6 Å². The van der Waals surface area contributed by atoms with E-state index in [1.165, 1.54) is 0 Å². The van der Waals surface area contributed by atoms with Gasteiger partial charge in [-0.2, -0.15) is 0 Å². The maximum absolute atomic E-state index is 12.9. The van der Waals surface area contributed by atoms with Gasteiger partial charge < -0.3 is 14.6 Å². The molecule has 0 unspecified atom stereocenters. The Bertz CT molecular complexity index is 851. The highest BCUT2D eigenvalue weighted by molar-refractivity contribution is 5.98. The number of oxime groups is 1. The monoisotopic (exact) mass is 391 g/mol. The van der Waals surface area contributed by atoms with Crippen molar-refractivity contribution in [3.63, 3.8) is 0 Å². The lowest BCUT2D eigenvalue weighted by atomic mass is 9.85. The van der Waals surface area contributed by atoms with Gasteiger partial charge >= 0.3 is 0 Å². The van der Waals surface area contributed by atoms with Gasteiger partial charge in [0.05, 0.1) is 11.6 Å². The van der Waals surface area contributed by atoms with Crippen molar-refractivity contribution in [2.45, 2.75) is 25.4 Å². The summed E-state index contributed by atoms with van der Waals surface area (Å²) in [5, 5.41) is 4.33. The van der Waals surface area contributed by atoms with E-state index in [0.717, 1.165) is 16.8 Å². The maximum Gasteiger partial charge on any atom is 0.267 e. The van der Waals surface area contributed by atoms with Crippen LogP contribution in [-0.2, 0) is 14.4 Å². The fourth-order valence-electron chi connectivity index (χ4n) is 4.01. The molecular formula is C23H25N3O3. The predicted octanol–water partition coefficient (Wildman–Crippen LogP) is 2.65. The third-order valence-electron chi connectivity index (χ3n) is 5.60. The summed E-state index contributed by atoms with van der Waals surface area (Å²) >= 11 is 0. The average molecular weight is 391 g/mol. The lowest BCUT2D eigenvalue weighted by molar-refractivity contribution is -0.146. The molecule has 0 N–H and O–H groups in total. The molecule has 150 valence electrons. The van der Waals surface area contributed by atoms with Gasteiger partial charge in [0.1, 0.15) is 0 Å². The van der Waals surface area contributed by atoms with E-state index in [-0.39, 0.29) is 17.7 Å². The Balaban J connectivity index is 1.47. The molecule has 1 atom stereocenters. The largest absolute Gasteiger partial charge is 0.382 e. The molecule has 2 aliphatic rings. The molecule has 0 aliphatic carbocycles. The first-order valence-electron chi connectivity index (χ1n) is 10.0. The van der Waals surface area contributed by atoms with Gasteiger partial charge in [0.25, 0.3) is 5.91 Å². The summed E-state index contributed by atoms with van der Waals surface area (Å²) in [6.07, 6.45) is -0.121. The molecule has 2 heterocycles. The Labute approximate surface area is 170 Å². The number of hydrogen-bond donors (Lipinski definition) is 0. The molecule has 29 heavy (non-hydrogen) atoms. The number of amides is 2. The highest BCUT2D eigenvalue weighted by atomic mass is 16.6. The molecule has 0 aromatic heterocycles. The van der Waals surface area contributed by atoms with Gasteiger partial charge in [-0.05, 0) is 11.1 Å². The van der Waals surface area contributed by atoms with Crippen LogP contribution in [0.5, 0.6) is 0 Å². The Hall–Kier alpha value is -3.15. The molecule has 2 aliphatic heterocycles. The van der Waals surface area contributed by atoms with Crippen molar-refractivity contribution >= 4 is 17.5 Å². The molecular weight excluding hydrogens is 366 g/mol. The van der Waals surface area contributed by atoms with E-state index in [0.29, 0.717) is 32.6 Å². The maximum atomic E-state index is 12.9. The zero-order valence-corrected chi connectivity index (χ0v) is 16.5. The quantitative estimate of drug-likeness (QED) is 0.805. The molecule has 6 heteroatoms. The van der Waals surface area contributed by atoms with Gasteiger partial charge in [-0.1, -0.05) is 65.8 Å². The number of carbonyl (C=O) groups excluding carboxylic acids is 2. The van der Waals surface area contributed by atoms with Crippen molar-refractivity contribution in [2.24, 2.45) is 5.16 Å². The van der Waals surface area contributed by atoms with Gasteiger partial charge in [0, 0.05) is 39.5 Å². The number of carbonyl (C=O) groups is 2. The van der Waals surface area contributed by atoms with Crippen LogP contribution in [0.25, 0.3) is 0 Å². The van der Waals surface area contributed by atoms with E-state index < -0.39 is 6.10 Å². The summed E-state index contributed by atoms with van der Waals surface area (Å²) < 4.78 is 0. The van der Waals surface area contributed by atoms with E-state index in [1.807, 2.05) is 36.4 Å². The van der Waals surface area contributed by atoms with Gasteiger partial charge in [-0.25, -0.2) is 0 Å². The number of benzene rings is 2. The fraction of sp³-hybridized carbons (Fsp3) is 0.348. The smallest absolute Gasteiger partial charge is 0.267 e. The summed E-state index contributed by atoms with van der Waals surface area (Å²) in [6.45, 7) is 3.77. The van der Waals surface area contributed by atoms with Crippen LogP contribution in [0.4, 0.5) is 0 Å². The Morgan fingerprint density at radius 2 is 1.41 bits per heavy atom. The molecule has 0 radical (unpaired) electrons. The summed E-state index contributed by atoms with van der Waals surface area (Å²) in [4.78, 5) is 33.6. The van der Waals surface area contributed by atoms with Crippen LogP contribution in [0.3, 0.4) is 0 Å². The lowest BCUT2D eigenvalue weighted by Crippen LogP contribution is -2.52. The van der Waals surface area contributed by atoms with Crippen molar-refractivity contribution in [3.8, 4) is 0 Å². The zero-order valence-electron chi connectivity index (χ0n) is 16.5. The van der Waals surface area contributed by atoms with E-state index in [1.54, 1.807) is 16.7 Å². The van der Waals surface area contributed by atoms with Crippen molar-refractivity contribution in [1.29, 1.82) is 0 Å². The van der Waals surface area contributed by atoms with Gasteiger partial charge in [-0.15, -0.1) is 0 Å². The van der Waals surface area contributed by atoms with E-state index in [9.17, 15) is 9.59 Å². The van der Waals surface area contributed by atoms with Crippen molar-refractivity contribution in [1.82, 2.24) is 9.80 Å². The molecule has 1 saturated heterocycles. The van der Waals surface area contributed by atoms with E-state index in [4.69, 9.17) is 4.84 Å². The minimum absolute atomic E-state index is 0.0373. The van der Waals surface area contributed by atoms with Gasteiger partial charge in [-0.3, -0.25) is 9.59 Å². The predicted molar refractivity (Wildman–Crippen MR) is 110 cm³/mol. The molecule has 2 aromatic carbocycles. The van der Waals surface area contributed by atoms with Crippen LogP contribution >= 0.6 is 0 Å². The van der Waals surface area contributed by atoms with E-state index >= 15 is 0 Å². The topological polar surface area (TPSA) is 62.2 Å². The van der Waals surface area contributed by atoms with Gasteiger partial charge in [0.2, 0.25) is 12.0 Å². The Morgan fingerprint density at radius 1 is 0.897 bits per heavy atom. The summed E-state index contributed by atoms with van der Waals surface area (Å²) in [6, 6.07) is 20.4. The normalized spacial score (nSPS) is 19.1. The second-order valence-electron chi connectivity index (χ2n) is 7.47. The molecule has 0 saturated carbocycles. The second-order valence-corrected chi connectivity index (χ2v) is 7.47. The lowest BCUT2D eigenvalue weighted by Gasteiger charge is -2.34. The standard InChI is InChI=1S/C23H25N3O3/c1-17(27)25-12-14-26(15-13-25)23(28)21-16-20(24-29-21)22(18-8-4-2-5-9-18)19-10-6-3-7-11-19/h2-11,21-22H,12-16H2,1H3/t21-/m0/s1. The number of rotatable bonds is 4. The van der Waals surface area contributed by atoms with E-state index in [2.05, 4.69) is 29.4 Å². The minimum atomic E-state index is -0.594. The van der Waals surface area contributed by atoms with Crippen LogP contribution in [0, 0.1) is 0 Å². The molecule has 2 amide bonds. The highest BCUT2D eigenvalue weighted by Crippen LogP contribution is 2.31. The number of piperazine rings is 1. The third kappa shape index (κ3) is 4.16. The molecule has 1 fully saturated rings. The Kier molecular flexibility index (Phi) is 5.60. The fourth-order valence-corrected chi connectivity index (χ4v) is 4.01. The van der Waals surface area contributed by atoms with Crippen LogP contribution in [0.1, 0.15) is 30.4 Å². The Morgan fingerprint density at radius 3 is 1.93 bits per heavy atom. The minimum Gasteiger partial charge on any atom is -0.382 e. The highest BCUT2D eigenvalue weighted by Gasteiger charge is 2.36. The number of hydrogen-bond acceptors (Lipinski definition) is 4. The summed E-state index contributed by atoms with van der Waals surface area (Å²) in [5.41, 5.74) is 3.12. The van der Waals surface area contributed by atoms with Crippen LogP contribution in [0.15, 0.2) is 65.8 Å². The molecule has 4 rings (SSSR count). The SMILES string of the molecule is CC(=O)N1CCN(C(=O)[C@@H]2CC(C(c3ccccc3)c3ccccc3)=NO2)CC1. The molecule has 0 spiro atoms. The van der Waals surface area contributed by atoms with Crippen LogP contribution in [0.2, 0.25) is 0 Å². The third-order valence-corrected chi connectivity index (χ3v) is 5.60. The molecule has 6 nitrogen and oxygen atoms in total. The van der Waals surface area contributed by atoms with Crippen molar-refractivity contribution in [3.05, 3.63) is 71.8 Å². The zero-order chi connectivity index (χ0) is 20.2. The summed E-state index contributed by atoms with van der Waals surface area (Å²) in [5.74, 6) is -0.0371. The first-order chi connectivity index (χ1) is 14.1. The molecule has 0 bridgehead atoms. The van der Waals surface area contributed by atoms with Crippen molar-refractivity contribution in [2.75, 3.05) is 26.2 Å². The first kappa shape index (κ1) is 19.2. The first-order valence-corrected chi connectivity index (χ1v) is 10.0. The van der Waals surface area contributed by atoms with Crippen molar-refractivity contribution < 1.29 is 14.4 Å². The molecule has 2 aromatic rings.